The fourth-order valence-corrected chi connectivity index (χ4v) is 11.5. The Labute approximate surface area is 648 Å². The molecule has 12 rings (SSSR count). The number of carboxylic acid groups (broad SMARTS) is 3. The first-order valence-corrected chi connectivity index (χ1v) is 36.1. The number of carboxylic acids is 3. The third-order valence-electron chi connectivity index (χ3n) is 17.5. The van der Waals surface area contributed by atoms with E-state index in [0.717, 1.165) is 50.4 Å². The first-order valence-electron chi connectivity index (χ1n) is 36.1. The molecule has 20 nitrogen and oxygen atoms in total. The van der Waals surface area contributed by atoms with E-state index in [0.29, 0.717) is 123 Å². The molecule has 0 saturated heterocycles. The van der Waals surface area contributed by atoms with Gasteiger partial charge in [-0.3, -0.25) is 29.1 Å². The minimum absolute atomic E-state index is 0.217. The standard InChI is InChI=1S/C31H31FN2O4.C30H28F2N2O4.C28H28N4O4/c1-22-10-14-26(15-11-22)37-29-8-4-2-6-23(29)20-34(19-18-28(33)31(35)36)21-24-7-3-5-9-30(24)38-27-16-12-25(32)13-17-27;31-23-9-5-11-25(17-23)37-28-13-3-1-7-21(28)19-34(16-15-27(33)30(35)36)20-22-8-2-4-14-29(22)38-26-12-6-10-24(32)18-26;29-23(28(33)34)15-18-32(19-21-9-1-3-11-24(21)35-26-13-5-7-16-30-26)20-22-10-2-4-12-25(22)36-27-14-6-8-17-31-27/h2-17,28H,18-21,33H2,1H3,(H,35,36);1-14,17-18,27H,15-16,19-20,33H2,(H,35,36);1-14,16-17,23H,15,18-20,29H2,(H,33,34)/t28-;27-;23-/m000/s1. The first kappa shape index (κ1) is 81.8. The summed E-state index contributed by atoms with van der Waals surface area (Å²) in [5.74, 6) is 2.54. The van der Waals surface area contributed by atoms with Gasteiger partial charge < -0.3 is 60.9 Å². The summed E-state index contributed by atoms with van der Waals surface area (Å²) in [6.07, 6.45) is 4.14. The predicted molar refractivity (Wildman–Crippen MR) is 421 cm³/mol. The predicted octanol–water partition coefficient (Wildman–Crippen LogP) is 17.7. The van der Waals surface area contributed by atoms with Gasteiger partial charge in [0, 0.05) is 129 Å². The van der Waals surface area contributed by atoms with Crippen molar-refractivity contribution in [2.45, 2.75) is 83.6 Å². The number of aryl methyl sites for hydroxylation is 1. The Kier molecular flexibility index (Phi) is 30.9. The Balaban J connectivity index is 0.000000178. The number of benzene rings is 10. The van der Waals surface area contributed by atoms with E-state index >= 15 is 0 Å². The van der Waals surface area contributed by atoms with Gasteiger partial charge >= 0.3 is 17.9 Å². The van der Waals surface area contributed by atoms with Gasteiger partial charge in [-0.15, -0.1) is 0 Å². The Morgan fingerprint density at radius 1 is 0.321 bits per heavy atom. The molecule has 2 heterocycles. The second-order valence-corrected chi connectivity index (χ2v) is 26.1. The molecule has 23 heteroatoms. The summed E-state index contributed by atoms with van der Waals surface area (Å²) in [5, 5.41) is 27.9. The number of halogens is 3. The molecule has 0 saturated carbocycles. The Morgan fingerprint density at radius 2 is 0.589 bits per heavy atom. The van der Waals surface area contributed by atoms with Crippen LogP contribution in [0, 0.1) is 24.4 Å². The number of hydrogen-bond acceptors (Lipinski definition) is 17. The van der Waals surface area contributed by atoms with Gasteiger partial charge in [0.2, 0.25) is 11.8 Å². The molecule has 0 aliphatic heterocycles. The summed E-state index contributed by atoms with van der Waals surface area (Å²) < 4.78 is 77.0. The van der Waals surface area contributed by atoms with Gasteiger partial charge in [0.15, 0.2) is 0 Å². The van der Waals surface area contributed by atoms with E-state index in [4.69, 9.17) is 45.6 Å². The normalized spacial score (nSPS) is 11.8. The largest absolute Gasteiger partial charge is 0.480 e. The zero-order chi connectivity index (χ0) is 79.0. The van der Waals surface area contributed by atoms with Crippen LogP contribution in [0.1, 0.15) is 58.2 Å². The van der Waals surface area contributed by atoms with Crippen LogP contribution in [0.15, 0.2) is 291 Å². The molecule has 0 unspecified atom stereocenters. The van der Waals surface area contributed by atoms with E-state index in [1.54, 1.807) is 73.1 Å². The summed E-state index contributed by atoms with van der Waals surface area (Å²) in [4.78, 5) is 48.9. The molecule has 2 aromatic heterocycles. The highest BCUT2D eigenvalue weighted by molar-refractivity contribution is 5.73. The van der Waals surface area contributed by atoms with Crippen LogP contribution in [0.3, 0.4) is 0 Å². The molecule has 0 radical (unpaired) electrons. The maximum atomic E-state index is 13.7. The summed E-state index contributed by atoms with van der Waals surface area (Å²) in [6.45, 7) is 6.08. The van der Waals surface area contributed by atoms with E-state index in [2.05, 4.69) is 19.8 Å². The van der Waals surface area contributed by atoms with Gasteiger partial charge in [-0.05, 0) is 135 Å². The lowest BCUT2D eigenvalue weighted by Gasteiger charge is -2.25. The molecule has 9 N–H and O–H groups in total. The molecule has 112 heavy (non-hydrogen) atoms. The third-order valence-corrected chi connectivity index (χ3v) is 17.5. The van der Waals surface area contributed by atoms with E-state index < -0.39 is 47.7 Å². The number of ether oxygens (including phenoxy) is 6. The van der Waals surface area contributed by atoms with Crippen LogP contribution >= 0.6 is 0 Å². The van der Waals surface area contributed by atoms with Crippen LogP contribution in [0.5, 0.6) is 69.3 Å². The van der Waals surface area contributed by atoms with Crippen molar-refractivity contribution in [1.29, 1.82) is 0 Å². The van der Waals surface area contributed by atoms with E-state index in [1.807, 2.05) is 194 Å². The van der Waals surface area contributed by atoms with Gasteiger partial charge in [-0.2, -0.15) is 0 Å². The number of aromatic nitrogens is 2. The van der Waals surface area contributed by atoms with Gasteiger partial charge in [0.05, 0.1) is 0 Å². The highest BCUT2D eigenvalue weighted by Crippen LogP contribution is 2.35. The fraction of sp³-hybridized carbons (Fsp3) is 0.180. The molecule has 576 valence electrons. The van der Waals surface area contributed by atoms with Crippen LogP contribution < -0.4 is 45.6 Å². The Hall–Kier alpha value is -12.7. The lowest BCUT2D eigenvalue weighted by atomic mass is 10.1. The van der Waals surface area contributed by atoms with Crippen molar-refractivity contribution < 1.29 is 71.3 Å². The topological polar surface area (TPSA) is 281 Å². The lowest BCUT2D eigenvalue weighted by Crippen LogP contribution is -2.35. The molecule has 0 bridgehead atoms. The zero-order valence-corrected chi connectivity index (χ0v) is 61.5. The average Bonchev–Trinajstić information content (AvgIpc) is 0.843. The minimum atomic E-state index is -1.07. The maximum Gasteiger partial charge on any atom is 0.320 e. The van der Waals surface area contributed by atoms with Crippen LogP contribution in [0.4, 0.5) is 13.2 Å². The quantitative estimate of drug-likeness (QED) is 0.0213. The number of nitrogens with zero attached hydrogens (tertiary/aromatic N) is 5. The van der Waals surface area contributed by atoms with Crippen molar-refractivity contribution in [2.75, 3.05) is 19.6 Å². The van der Waals surface area contributed by atoms with Gasteiger partial charge in [-0.25, -0.2) is 23.1 Å². The SMILES string of the molecule is Cc1ccc(Oc2ccccc2CN(CC[C@H](N)C(=O)O)Cc2ccccc2Oc2ccc(F)cc2)cc1.N[C@@H](CCN(Cc1ccccc1Oc1cccc(F)c1)Cc1ccccc1Oc1cccc(F)c1)C(=O)O.N[C@@H](CCN(Cc1ccccc1Oc1ccccn1)Cc1ccccc1Oc1ccccn1)C(=O)O. The molecular formula is C89H87F3N8O12. The molecule has 0 spiro atoms. The van der Waals surface area contributed by atoms with Crippen molar-refractivity contribution >= 4 is 17.9 Å². The maximum absolute atomic E-state index is 13.7. The molecule has 0 aliphatic carbocycles. The molecule has 3 atom stereocenters. The molecular weight excluding hydrogens is 1430 g/mol. The molecule has 10 aromatic carbocycles. The van der Waals surface area contributed by atoms with E-state index in [9.17, 15) is 42.9 Å². The smallest absolute Gasteiger partial charge is 0.320 e. The average molecular weight is 1520 g/mol. The van der Waals surface area contributed by atoms with Crippen molar-refractivity contribution in [2.24, 2.45) is 17.2 Å². The van der Waals surface area contributed by atoms with Crippen LogP contribution in [0.25, 0.3) is 0 Å². The molecule has 0 aliphatic rings. The van der Waals surface area contributed by atoms with Crippen molar-refractivity contribution in [3.8, 4) is 69.3 Å². The number of hydrogen-bond donors (Lipinski definition) is 6. The fourth-order valence-electron chi connectivity index (χ4n) is 11.5. The highest BCUT2D eigenvalue weighted by Gasteiger charge is 2.23. The van der Waals surface area contributed by atoms with Crippen molar-refractivity contribution in [3.63, 3.8) is 0 Å². The molecule has 0 amide bonds. The van der Waals surface area contributed by atoms with Crippen LogP contribution in [-0.4, -0.2) is 95.7 Å². The molecule has 12 aromatic rings. The van der Waals surface area contributed by atoms with E-state index in [-0.39, 0.29) is 18.7 Å². The highest BCUT2D eigenvalue weighted by atomic mass is 19.1. The lowest BCUT2D eigenvalue weighted by molar-refractivity contribution is -0.139. The van der Waals surface area contributed by atoms with E-state index in [1.165, 1.54) is 36.4 Å². The minimum Gasteiger partial charge on any atom is -0.480 e. The number of aliphatic carboxylic acids is 3. The Bertz CT molecular complexity index is 4690. The van der Waals surface area contributed by atoms with Crippen LogP contribution in [0.2, 0.25) is 0 Å². The number of rotatable bonds is 36. The van der Waals surface area contributed by atoms with Gasteiger partial charge in [0.1, 0.15) is 93.1 Å². The summed E-state index contributed by atoms with van der Waals surface area (Å²) >= 11 is 0. The summed E-state index contributed by atoms with van der Waals surface area (Å²) in [6, 6.07) is 79.1. The second kappa shape index (κ2) is 42.3. The number of carbonyl (C=O) groups is 3. The number of pyridine rings is 2. The third kappa shape index (κ3) is 26.5. The first-order chi connectivity index (χ1) is 54.3. The number of para-hydroxylation sites is 6. The second-order valence-electron chi connectivity index (χ2n) is 26.1. The zero-order valence-electron chi connectivity index (χ0n) is 61.5. The summed E-state index contributed by atoms with van der Waals surface area (Å²) in [7, 11) is 0. The molecule has 0 fully saturated rings. The Morgan fingerprint density at radius 3 is 0.866 bits per heavy atom. The van der Waals surface area contributed by atoms with Crippen molar-refractivity contribution in [1.82, 2.24) is 24.7 Å². The number of nitrogens with two attached hydrogens (primary N) is 3. The monoisotopic (exact) mass is 1520 g/mol. The van der Waals surface area contributed by atoms with Crippen molar-refractivity contribution in [3.05, 3.63) is 348 Å². The van der Waals surface area contributed by atoms with Crippen LogP contribution in [-0.2, 0) is 53.7 Å². The summed E-state index contributed by atoms with van der Waals surface area (Å²) in [5.41, 5.74) is 24.0. The van der Waals surface area contributed by atoms with Gasteiger partial charge in [-0.1, -0.05) is 151 Å². The van der Waals surface area contributed by atoms with Gasteiger partial charge in [0.25, 0.3) is 0 Å².